The van der Waals surface area contributed by atoms with Crippen molar-refractivity contribution in [1.82, 2.24) is 19.6 Å². The smallest absolute Gasteiger partial charge is 0.278 e. The highest BCUT2D eigenvalue weighted by Crippen LogP contribution is 2.13. The highest BCUT2D eigenvalue weighted by molar-refractivity contribution is 7.88. The molecule has 6 nitrogen and oxygen atoms in total. The van der Waals surface area contributed by atoms with E-state index in [-0.39, 0.29) is 11.2 Å². The van der Waals surface area contributed by atoms with Crippen LogP contribution >= 0.6 is 0 Å². The standard InChI is InChI=1S/C10H16N4O2S/c1-8-3-4-12-10(13-8)17(15,16)14-6-5-11-9(2)7-14/h3-4,9,11H,5-7H2,1-2H3/t9-/m0/s1. The van der Waals surface area contributed by atoms with Crippen LogP contribution in [0.3, 0.4) is 0 Å². The van der Waals surface area contributed by atoms with Crippen LogP contribution in [0.25, 0.3) is 0 Å². The van der Waals surface area contributed by atoms with Crippen molar-refractivity contribution in [3.63, 3.8) is 0 Å². The maximum absolute atomic E-state index is 12.3. The molecule has 0 unspecified atom stereocenters. The number of hydrogen-bond acceptors (Lipinski definition) is 5. The summed E-state index contributed by atoms with van der Waals surface area (Å²) in [5, 5.41) is 3.09. The largest absolute Gasteiger partial charge is 0.312 e. The third kappa shape index (κ3) is 2.62. The molecule has 1 aliphatic heterocycles. The number of aromatic nitrogens is 2. The lowest BCUT2D eigenvalue weighted by Crippen LogP contribution is -2.51. The number of hydrogen-bond donors (Lipinski definition) is 1. The molecule has 7 heteroatoms. The second kappa shape index (κ2) is 4.67. The zero-order valence-electron chi connectivity index (χ0n) is 9.92. The molecule has 0 spiro atoms. The van der Waals surface area contributed by atoms with E-state index >= 15 is 0 Å². The third-order valence-corrected chi connectivity index (χ3v) is 4.34. The Morgan fingerprint density at radius 2 is 2.29 bits per heavy atom. The summed E-state index contributed by atoms with van der Waals surface area (Å²) in [6.45, 7) is 5.29. The van der Waals surface area contributed by atoms with Crippen LogP contribution in [0, 0.1) is 6.92 Å². The molecule has 0 aromatic carbocycles. The number of nitrogens with one attached hydrogen (secondary N) is 1. The number of sulfonamides is 1. The second-order valence-corrected chi connectivity index (χ2v) is 6.03. The van der Waals surface area contributed by atoms with Gasteiger partial charge in [0.15, 0.2) is 0 Å². The SMILES string of the molecule is Cc1ccnc(S(=O)(=O)N2CCN[C@@H](C)C2)n1. The van der Waals surface area contributed by atoms with Gasteiger partial charge in [-0.05, 0) is 19.9 Å². The maximum Gasteiger partial charge on any atom is 0.278 e. The third-order valence-electron chi connectivity index (χ3n) is 2.67. The first-order chi connectivity index (χ1) is 8.00. The minimum Gasteiger partial charge on any atom is -0.312 e. The van der Waals surface area contributed by atoms with Gasteiger partial charge >= 0.3 is 0 Å². The van der Waals surface area contributed by atoms with Gasteiger partial charge in [-0.15, -0.1) is 0 Å². The lowest BCUT2D eigenvalue weighted by Gasteiger charge is -2.30. The first-order valence-corrected chi connectivity index (χ1v) is 6.97. The van der Waals surface area contributed by atoms with Gasteiger partial charge in [0.05, 0.1) is 0 Å². The Kier molecular flexibility index (Phi) is 3.41. The maximum atomic E-state index is 12.3. The van der Waals surface area contributed by atoms with Gasteiger partial charge in [-0.25, -0.2) is 18.4 Å². The van der Waals surface area contributed by atoms with Gasteiger partial charge < -0.3 is 5.32 Å². The Bertz CT molecular complexity index is 503. The van der Waals surface area contributed by atoms with Crippen molar-refractivity contribution in [3.8, 4) is 0 Å². The van der Waals surface area contributed by atoms with Crippen LogP contribution in [0.4, 0.5) is 0 Å². The highest BCUT2D eigenvalue weighted by atomic mass is 32.2. The van der Waals surface area contributed by atoms with E-state index in [4.69, 9.17) is 0 Å². The van der Waals surface area contributed by atoms with Crippen LogP contribution in [0.2, 0.25) is 0 Å². The van der Waals surface area contributed by atoms with Crippen LogP contribution in [-0.4, -0.2) is 48.4 Å². The Morgan fingerprint density at radius 1 is 1.53 bits per heavy atom. The number of aryl methyl sites for hydroxylation is 1. The molecule has 94 valence electrons. The molecule has 2 rings (SSSR count). The summed E-state index contributed by atoms with van der Waals surface area (Å²) in [6.07, 6.45) is 1.47. The Morgan fingerprint density at radius 3 is 2.94 bits per heavy atom. The van der Waals surface area contributed by atoms with Crippen LogP contribution in [0.5, 0.6) is 0 Å². The van der Waals surface area contributed by atoms with E-state index in [1.165, 1.54) is 10.5 Å². The fourth-order valence-corrected chi connectivity index (χ4v) is 3.22. The van der Waals surface area contributed by atoms with Crippen molar-refractivity contribution in [2.24, 2.45) is 0 Å². The lowest BCUT2D eigenvalue weighted by molar-refractivity contribution is 0.308. The molecule has 1 fully saturated rings. The van der Waals surface area contributed by atoms with Gasteiger partial charge in [-0.1, -0.05) is 0 Å². The monoisotopic (exact) mass is 256 g/mol. The van der Waals surface area contributed by atoms with E-state index < -0.39 is 10.0 Å². The molecule has 0 radical (unpaired) electrons. The minimum atomic E-state index is -3.55. The van der Waals surface area contributed by atoms with Crippen molar-refractivity contribution >= 4 is 10.0 Å². The van der Waals surface area contributed by atoms with Crippen molar-refractivity contribution in [2.45, 2.75) is 25.0 Å². The molecule has 0 amide bonds. The highest BCUT2D eigenvalue weighted by Gasteiger charge is 2.30. The predicted molar refractivity (Wildman–Crippen MR) is 63.0 cm³/mol. The Balaban J connectivity index is 2.29. The molecule has 1 aromatic heterocycles. The molecule has 2 heterocycles. The van der Waals surface area contributed by atoms with Crippen molar-refractivity contribution in [2.75, 3.05) is 19.6 Å². The zero-order valence-corrected chi connectivity index (χ0v) is 10.7. The second-order valence-electron chi connectivity index (χ2n) is 4.20. The van der Waals surface area contributed by atoms with Crippen LogP contribution in [-0.2, 0) is 10.0 Å². The van der Waals surface area contributed by atoms with E-state index in [2.05, 4.69) is 15.3 Å². The van der Waals surface area contributed by atoms with E-state index in [9.17, 15) is 8.42 Å². The van der Waals surface area contributed by atoms with Crippen LogP contribution in [0.15, 0.2) is 17.4 Å². The van der Waals surface area contributed by atoms with Gasteiger partial charge in [0, 0.05) is 37.6 Å². The van der Waals surface area contributed by atoms with Crippen LogP contribution in [0.1, 0.15) is 12.6 Å². The molecule has 1 atom stereocenters. The van der Waals surface area contributed by atoms with Gasteiger partial charge in [-0.3, -0.25) is 0 Å². The molecular weight excluding hydrogens is 240 g/mol. The number of piperazine rings is 1. The first kappa shape index (κ1) is 12.4. The summed E-state index contributed by atoms with van der Waals surface area (Å²) in [5.41, 5.74) is 0.654. The molecular formula is C10H16N4O2S. The van der Waals surface area contributed by atoms with Crippen molar-refractivity contribution in [3.05, 3.63) is 18.0 Å². The van der Waals surface area contributed by atoms with E-state index in [1.54, 1.807) is 13.0 Å². The van der Waals surface area contributed by atoms with Gasteiger partial charge in [0.1, 0.15) is 0 Å². The van der Waals surface area contributed by atoms with E-state index in [0.29, 0.717) is 25.3 Å². The molecule has 1 N–H and O–H groups in total. The molecule has 0 bridgehead atoms. The summed E-state index contributed by atoms with van der Waals surface area (Å²) in [6, 6.07) is 1.84. The molecule has 1 saturated heterocycles. The van der Waals surface area contributed by atoms with Gasteiger partial charge in [-0.2, -0.15) is 4.31 Å². The normalized spacial score (nSPS) is 22.6. The quantitative estimate of drug-likeness (QED) is 0.740. The van der Waals surface area contributed by atoms with Crippen LogP contribution < -0.4 is 5.32 Å². The molecule has 0 saturated carbocycles. The Hall–Kier alpha value is -1.05. The van der Waals surface area contributed by atoms with Gasteiger partial charge in [0.25, 0.3) is 15.2 Å². The zero-order chi connectivity index (χ0) is 12.5. The Labute approximate surface area is 101 Å². The summed E-state index contributed by atoms with van der Waals surface area (Å²) in [5.74, 6) is 0. The number of rotatable bonds is 2. The van der Waals surface area contributed by atoms with Crippen molar-refractivity contribution < 1.29 is 8.42 Å². The lowest BCUT2D eigenvalue weighted by atomic mass is 10.3. The average Bonchev–Trinajstić information content (AvgIpc) is 2.29. The number of nitrogens with zero attached hydrogens (tertiary/aromatic N) is 3. The summed E-state index contributed by atoms with van der Waals surface area (Å²) >= 11 is 0. The first-order valence-electron chi connectivity index (χ1n) is 5.53. The minimum absolute atomic E-state index is 0.105. The fourth-order valence-electron chi connectivity index (χ4n) is 1.78. The fraction of sp³-hybridized carbons (Fsp3) is 0.600. The topological polar surface area (TPSA) is 75.2 Å². The molecule has 1 aromatic rings. The van der Waals surface area contributed by atoms with E-state index in [0.717, 1.165) is 0 Å². The summed E-state index contributed by atoms with van der Waals surface area (Å²) < 4.78 is 25.9. The molecule has 0 aliphatic carbocycles. The summed E-state index contributed by atoms with van der Waals surface area (Å²) in [4.78, 5) is 7.83. The summed E-state index contributed by atoms with van der Waals surface area (Å²) in [7, 11) is -3.55. The predicted octanol–water partition coefficient (Wildman–Crippen LogP) is -0.233. The molecule has 17 heavy (non-hydrogen) atoms. The van der Waals surface area contributed by atoms with Crippen molar-refractivity contribution in [1.29, 1.82) is 0 Å². The molecule has 1 aliphatic rings. The average molecular weight is 256 g/mol. The van der Waals surface area contributed by atoms with E-state index in [1.807, 2.05) is 6.92 Å². The van der Waals surface area contributed by atoms with Gasteiger partial charge in [0.2, 0.25) is 0 Å².